The number of methoxy groups -OCH3 is 2. The van der Waals surface area contributed by atoms with Gasteiger partial charge in [0.15, 0.2) is 11.5 Å². The zero-order valence-corrected chi connectivity index (χ0v) is 11.2. The molecule has 1 unspecified atom stereocenters. The molecule has 0 spiro atoms. The van der Waals surface area contributed by atoms with Crippen LogP contribution >= 0.6 is 0 Å². The highest BCUT2D eigenvalue weighted by molar-refractivity contribution is 5.43. The van der Waals surface area contributed by atoms with E-state index in [9.17, 15) is 0 Å². The van der Waals surface area contributed by atoms with Gasteiger partial charge in [0.25, 0.3) is 0 Å². The van der Waals surface area contributed by atoms with E-state index >= 15 is 0 Å². The van der Waals surface area contributed by atoms with Crippen molar-refractivity contribution in [3.63, 3.8) is 0 Å². The molecular weight excluding hydrogens is 214 g/mol. The highest BCUT2D eigenvalue weighted by atomic mass is 16.5. The third-order valence-corrected chi connectivity index (χ3v) is 3.19. The van der Waals surface area contributed by atoms with Gasteiger partial charge in [-0.15, -0.1) is 0 Å². The van der Waals surface area contributed by atoms with Crippen molar-refractivity contribution in [3.8, 4) is 11.5 Å². The first-order chi connectivity index (χ1) is 8.12. The Kier molecular flexibility index (Phi) is 5.29. The molecule has 0 heterocycles. The largest absolute Gasteiger partial charge is 0.493 e. The quantitative estimate of drug-likeness (QED) is 0.826. The van der Waals surface area contributed by atoms with E-state index in [1.165, 1.54) is 5.56 Å². The molecule has 0 fully saturated rings. The predicted molar refractivity (Wildman–Crippen MR) is 70.6 cm³/mol. The Morgan fingerprint density at radius 2 is 1.76 bits per heavy atom. The number of ether oxygens (including phenoxy) is 2. The molecule has 96 valence electrons. The fourth-order valence-corrected chi connectivity index (χ4v) is 1.90. The third-order valence-electron chi connectivity index (χ3n) is 3.19. The van der Waals surface area contributed by atoms with Crippen LogP contribution in [0.5, 0.6) is 11.5 Å². The van der Waals surface area contributed by atoms with Crippen molar-refractivity contribution in [2.75, 3.05) is 20.8 Å². The van der Waals surface area contributed by atoms with Gasteiger partial charge in [-0.1, -0.05) is 19.9 Å². The minimum Gasteiger partial charge on any atom is -0.493 e. The molecule has 0 saturated carbocycles. The van der Waals surface area contributed by atoms with E-state index in [4.69, 9.17) is 15.2 Å². The van der Waals surface area contributed by atoms with Crippen LogP contribution in [0.4, 0.5) is 0 Å². The maximum absolute atomic E-state index is 5.79. The van der Waals surface area contributed by atoms with E-state index in [2.05, 4.69) is 19.9 Å². The number of hydrogen-bond donors (Lipinski definition) is 1. The lowest BCUT2D eigenvalue weighted by molar-refractivity contribution is 0.352. The molecule has 1 atom stereocenters. The lowest BCUT2D eigenvalue weighted by atomic mass is 9.89. The average Bonchev–Trinajstić information content (AvgIpc) is 2.35. The van der Waals surface area contributed by atoms with E-state index in [1.807, 2.05) is 12.1 Å². The SMILES string of the molecule is COc1ccc(CC(CN)C(C)C)cc1OC. The van der Waals surface area contributed by atoms with Gasteiger partial charge in [-0.05, 0) is 42.5 Å². The summed E-state index contributed by atoms with van der Waals surface area (Å²) in [6.45, 7) is 5.13. The molecule has 0 aliphatic rings. The van der Waals surface area contributed by atoms with Crippen LogP contribution in [0.1, 0.15) is 19.4 Å². The third kappa shape index (κ3) is 3.63. The Labute approximate surface area is 104 Å². The summed E-state index contributed by atoms with van der Waals surface area (Å²) in [7, 11) is 3.30. The van der Waals surface area contributed by atoms with Gasteiger partial charge >= 0.3 is 0 Å². The van der Waals surface area contributed by atoms with Gasteiger partial charge in [0.05, 0.1) is 14.2 Å². The molecule has 3 heteroatoms. The van der Waals surface area contributed by atoms with E-state index in [0.29, 0.717) is 18.4 Å². The van der Waals surface area contributed by atoms with Crippen molar-refractivity contribution in [1.29, 1.82) is 0 Å². The number of nitrogens with two attached hydrogens (primary N) is 1. The van der Waals surface area contributed by atoms with Crippen molar-refractivity contribution >= 4 is 0 Å². The number of hydrogen-bond acceptors (Lipinski definition) is 3. The first kappa shape index (κ1) is 13.8. The van der Waals surface area contributed by atoms with Crippen LogP contribution in [0, 0.1) is 11.8 Å². The van der Waals surface area contributed by atoms with Crippen LogP contribution < -0.4 is 15.2 Å². The second-order valence-electron chi connectivity index (χ2n) is 4.63. The van der Waals surface area contributed by atoms with Crippen LogP contribution in [0.2, 0.25) is 0 Å². The molecule has 0 bridgehead atoms. The van der Waals surface area contributed by atoms with Crippen LogP contribution in [-0.2, 0) is 6.42 Å². The maximum Gasteiger partial charge on any atom is 0.160 e. The van der Waals surface area contributed by atoms with Gasteiger partial charge < -0.3 is 15.2 Å². The predicted octanol–water partition coefficient (Wildman–Crippen LogP) is 2.48. The van der Waals surface area contributed by atoms with Crippen molar-refractivity contribution in [1.82, 2.24) is 0 Å². The molecule has 0 aliphatic heterocycles. The molecule has 2 N–H and O–H groups in total. The first-order valence-electron chi connectivity index (χ1n) is 6.03. The molecule has 1 rings (SSSR count). The van der Waals surface area contributed by atoms with Crippen LogP contribution in [0.3, 0.4) is 0 Å². The normalized spacial score (nSPS) is 12.6. The Morgan fingerprint density at radius 3 is 2.24 bits per heavy atom. The molecule has 0 amide bonds. The molecular formula is C14H23NO2. The van der Waals surface area contributed by atoms with E-state index < -0.39 is 0 Å². The Balaban J connectivity index is 2.85. The number of rotatable bonds is 6. The fraction of sp³-hybridized carbons (Fsp3) is 0.571. The van der Waals surface area contributed by atoms with Gasteiger partial charge in [0, 0.05) is 0 Å². The van der Waals surface area contributed by atoms with Crippen molar-refractivity contribution in [3.05, 3.63) is 23.8 Å². The van der Waals surface area contributed by atoms with Gasteiger partial charge in [-0.2, -0.15) is 0 Å². The second-order valence-corrected chi connectivity index (χ2v) is 4.63. The van der Waals surface area contributed by atoms with Crippen molar-refractivity contribution in [2.45, 2.75) is 20.3 Å². The molecule has 0 saturated heterocycles. The summed E-state index contributed by atoms with van der Waals surface area (Å²) in [5.74, 6) is 2.65. The zero-order valence-electron chi connectivity index (χ0n) is 11.2. The van der Waals surface area contributed by atoms with E-state index in [0.717, 1.165) is 17.9 Å². The molecule has 0 aliphatic carbocycles. The molecule has 1 aromatic carbocycles. The average molecular weight is 237 g/mol. The van der Waals surface area contributed by atoms with Crippen molar-refractivity contribution in [2.24, 2.45) is 17.6 Å². The topological polar surface area (TPSA) is 44.5 Å². The highest BCUT2D eigenvalue weighted by Crippen LogP contribution is 2.29. The summed E-state index contributed by atoms with van der Waals surface area (Å²) < 4.78 is 10.5. The lowest BCUT2D eigenvalue weighted by Crippen LogP contribution is -2.22. The second kappa shape index (κ2) is 6.50. The summed E-state index contributed by atoms with van der Waals surface area (Å²) in [6, 6.07) is 6.05. The van der Waals surface area contributed by atoms with Crippen LogP contribution in [-0.4, -0.2) is 20.8 Å². The fourth-order valence-electron chi connectivity index (χ4n) is 1.90. The Hall–Kier alpha value is -1.22. The Bertz CT molecular complexity index is 350. The van der Waals surface area contributed by atoms with Gasteiger partial charge in [0.1, 0.15) is 0 Å². The van der Waals surface area contributed by atoms with Crippen LogP contribution in [0.25, 0.3) is 0 Å². The summed E-state index contributed by atoms with van der Waals surface area (Å²) in [6.07, 6.45) is 0.981. The summed E-state index contributed by atoms with van der Waals surface area (Å²) >= 11 is 0. The summed E-state index contributed by atoms with van der Waals surface area (Å²) in [4.78, 5) is 0. The van der Waals surface area contributed by atoms with Gasteiger partial charge in [0.2, 0.25) is 0 Å². The van der Waals surface area contributed by atoms with Crippen molar-refractivity contribution < 1.29 is 9.47 Å². The monoisotopic (exact) mass is 237 g/mol. The van der Waals surface area contributed by atoms with Gasteiger partial charge in [-0.3, -0.25) is 0 Å². The molecule has 1 aromatic rings. The molecule has 3 nitrogen and oxygen atoms in total. The molecule has 17 heavy (non-hydrogen) atoms. The van der Waals surface area contributed by atoms with E-state index in [1.54, 1.807) is 14.2 Å². The minimum atomic E-state index is 0.508. The lowest BCUT2D eigenvalue weighted by Gasteiger charge is -2.19. The maximum atomic E-state index is 5.79. The Morgan fingerprint density at radius 1 is 1.12 bits per heavy atom. The smallest absolute Gasteiger partial charge is 0.160 e. The van der Waals surface area contributed by atoms with Gasteiger partial charge in [-0.25, -0.2) is 0 Å². The molecule has 0 aromatic heterocycles. The minimum absolute atomic E-state index is 0.508. The zero-order chi connectivity index (χ0) is 12.8. The summed E-state index contributed by atoms with van der Waals surface area (Å²) in [5.41, 5.74) is 7.03. The highest BCUT2D eigenvalue weighted by Gasteiger charge is 2.13. The molecule has 0 radical (unpaired) electrons. The number of benzene rings is 1. The van der Waals surface area contributed by atoms with Crippen LogP contribution in [0.15, 0.2) is 18.2 Å². The standard InChI is InChI=1S/C14H23NO2/c1-10(2)12(9-15)7-11-5-6-13(16-3)14(8-11)17-4/h5-6,8,10,12H,7,9,15H2,1-4H3. The summed E-state index contributed by atoms with van der Waals surface area (Å²) in [5, 5.41) is 0. The van der Waals surface area contributed by atoms with E-state index in [-0.39, 0.29) is 0 Å². The first-order valence-corrected chi connectivity index (χ1v) is 6.03.